The molecule has 20 heavy (non-hydrogen) atoms. The van der Waals surface area contributed by atoms with Gasteiger partial charge < -0.3 is 9.64 Å². The Balaban J connectivity index is 1.82. The Morgan fingerprint density at radius 3 is 2.60 bits per heavy atom. The second-order valence-corrected chi connectivity index (χ2v) is 4.60. The highest BCUT2D eigenvalue weighted by molar-refractivity contribution is 5.91. The van der Waals surface area contributed by atoms with Crippen LogP contribution in [0.15, 0.2) is 48.7 Å². The average Bonchev–Trinajstić information content (AvgIpc) is 2.49. The van der Waals surface area contributed by atoms with Crippen molar-refractivity contribution in [3.8, 4) is 5.75 Å². The zero-order valence-electron chi connectivity index (χ0n) is 11.7. The summed E-state index contributed by atoms with van der Waals surface area (Å²) in [4.78, 5) is 17.7. The quantitative estimate of drug-likeness (QED) is 0.838. The summed E-state index contributed by atoms with van der Waals surface area (Å²) in [5.41, 5.74) is 1.64. The Morgan fingerprint density at radius 1 is 1.20 bits per heavy atom. The van der Waals surface area contributed by atoms with Crippen LogP contribution >= 0.6 is 0 Å². The molecule has 0 aliphatic heterocycles. The average molecular weight is 270 g/mol. The maximum absolute atomic E-state index is 12.0. The summed E-state index contributed by atoms with van der Waals surface area (Å²) in [5.74, 6) is 0.715. The van der Waals surface area contributed by atoms with Gasteiger partial charge in [-0.3, -0.25) is 9.78 Å². The van der Waals surface area contributed by atoms with Crippen LogP contribution in [0.5, 0.6) is 5.75 Å². The number of aromatic nitrogens is 1. The van der Waals surface area contributed by atoms with Crippen LogP contribution in [-0.4, -0.2) is 36.0 Å². The number of amides is 1. The first-order valence-electron chi connectivity index (χ1n) is 6.53. The molecular formula is C16H18N2O2. The van der Waals surface area contributed by atoms with Crippen molar-refractivity contribution in [3.63, 3.8) is 0 Å². The van der Waals surface area contributed by atoms with E-state index in [1.807, 2.05) is 31.2 Å². The van der Waals surface area contributed by atoms with Gasteiger partial charge in [0.25, 0.3) is 5.91 Å². The van der Waals surface area contributed by atoms with Gasteiger partial charge >= 0.3 is 0 Å². The molecule has 0 atom stereocenters. The third-order valence-corrected chi connectivity index (χ3v) is 2.95. The molecule has 0 N–H and O–H groups in total. The van der Waals surface area contributed by atoms with E-state index in [0.29, 0.717) is 18.8 Å². The fraction of sp³-hybridized carbons (Fsp3) is 0.250. The number of hydrogen-bond acceptors (Lipinski definition) is 3. The van der Waals surface area contributed by atoms with Crippen LogP contribution in [0.3, 0.4) is 0 Å². The molecule has 0 aliphatic carbocycles. The molecule has 0 fully saturated rings. The van der Waals surface area contributed by atoms with Crippen molar-refractivity contribution in [2.45, 2.75) is 6.92 Å². The van der Waals surface area contributed by atoms with E-state index in [2.05, 4.69) is 4.98 Å². The number of nitrogens with zero attached hydrogens (tertiary/aromatic N) is 2. The predicted octanol–water partition coefficient (Wildman–Crippen LogP) is 2.54. The molecule has 2 aromatic rings. The van der Waals surface area contributed by atoms with Gasteiger partial charge in [-0.2, -0.15) is 0 Å². The lowest BCUT2D eigenvalue weighted by molar-refractivity contribution is 0.0768. The molecule has 1 aromatic heterocycles. The van der Waals surface area contributed by atoms with Crippen LogP contribution < -0.4 is 4.74 Å². The lowest BCUT2D eigenvalue weighted by Crippen LogP contribution is -2.31. The largest absolute Gasteiger partial charge is 0.492 e. The first kappa shape index (κ1) is 14.1. The standard InChI is InChI=1S/C16H18N2O2/c1-13-6-8-14(9-7-13)20-12-11-18(2)16(19)15-5-3-4-10-17-15/h3-10H,11-12H2,1-2H3. The molecule has 2 rings (SSSR count). The fourth-order valence-corrected chi connectivity index (χ4v) is 1.72. The molecule has 1 heterocycles. The van der Waals surface area contributed by atoms with Crippen LogP contribution in [0.25, 0.3) is 0 Å². The Morgan fingerprint density at radius 2 is 1.95 bits per heavy atom. The van der Waals surface area contributed by atoms with Gasteiger partial charge in [0.1, 0.15) is 18.1 Å². The Hall–Kier alpha value is -2.36. The summed E-state index contributed by atoms with van der Waals surface area (Å²) in [7, 11) is 1.75. The lowest BCUT2D eigenvalue weighted by Gasteiger charge is -2.17. The Kier molecular flexibility index (Phi) is 4.71. The van der Waals surface area contributed by atoms with Gasteiger partial charge in [0, 0.05) is 13.2 Å². The summed E-state index contributed by atoms with van der Waals surface area (Å²) in [6, 6.07) is 13.1. The third-order valence-electron chi connectivity index (χ3n) is 2.95. The lowest BCUT2D eigenvalue weighted by atomic mass is 10.2. The van der Waals surface area contributed by atoms with Crippen molar-refractivity contribution in [3.05, 3.63) is 59.9 Å². The molecular weight excluding hydrogens is 252 g/mol. The van der Waals surface area contributed by atoms with Crippen LogP contribution in [0, 0.1) is 6.92 Å². The molecule has 0 unspecified atom stereocenters. The first-order chi connectivity index (χ1) is 9.66. The van der Waals surface area contributed by atoms with Gasteiger partial charge in [-0.15, -0.1) is 0 Å². The Labute approximate surface area is 119 Å². The molecule has 4 nitrogen and oxygen atoms in total. The number of carbonyl (C=O) groups excluding carboxylic acids is 1. The third kappa shape index (κ3) is 3.82. The van der Waals surface area contributed by atoms with Crippen molar-refractivity contribution >= 4 is 5.91 Å². The number of carbonyl (C=O) groups is 1. The number of aryl methyl sites for hydroxylation is 1. The summed E-state index contributed by atoms with van der Waals surface area (Å²) in [5, 5.41) is 0. The van der Waals surface area contributed by atoms with E-state index in [0.717, 1.165) is 5.75 Å². The summed E-state index contributed by atoms with van der Waals surface area (Å²) >= 11 is 0. The molecule has 0 saturated heterocycles. The SMILES string of the molecule is Cc1ccc(OCCN(C)C(=O)c2ccccn2)cc1. The molecule has 0 aliphatic rings. The van der Waals surface area contributed by atoms with E-state index >= 15 is 0 Å². The normalized spacial score (nSPS) is 10.1. The topological polar surface area (TPSA) is 42.4 Å². The van der Waals surface area contributed by atoms with E-state index in [4.69, 9.17) is 4.74 Å². The number of hydrogen-bond donors (Lipinski definition) is 0. The van der Waals surface area contributed by atoms with E-state index in [1.165, 1.54) is 5.56 Å². The number of rotatable bonds is 5. The van der Waals surface area contributed by atoms with Gasteiger partial charge in [-0.1, -0.05) is 23.8 Å². The monoisotopic (exact) mass is 270 g/mol. The van der Waals surface area contributed by atoms with Crippen molar-refractivity contribution in [2.75, 3.05) is 20.2 Å². The molecule has 104 valence electrons. The highest BCUT2D eigenvalue weighted by Crippen LogP contribution is 2.11. The summed E-state index contributed by atoms with van der Waals surface area (Å²) < 4.78 is 5.60. The summed E-state index contributed by atoms with van der Waals surface area (Å²) in [6.45, 7) is 3.00. The fourth-order valence-electron chi connectivity index (χ4n) is 1.72. The first-order valence-corrected chi connectivity index (χ1v) is 6.53. The molecule has 1 aromatic carbocycles. The predicted molar refractivity (Wildman–Crippen MR) is 77.9 cm³/mol. The van der Waals surface area contributed by atoms with Gasteiger partial charge in [-0.25, -0.2) is 0 Å². The molecule has 1 amide bonds. The van der Waals surface area contributed by atoms with Crippen LogP contribution in [0.1, 0.15) is 16.1 Å². The zero-order valence-corrected chi connectivity index (χ0v) is 11.7. The number of likely N-dealkylation sites (N-methyl/N-ethyl adjacent to an activating group) is 1. The second-order valence-electron chi connectivity index (χ2n) is 4.60. The summed E-state index contributed by atoms with van der Waals surface area (Å²) in [6.07, 6.45) is 1.61. The molecule has 0 spiro atoms. The second kappa shape index (κ2) is 6.70. The van der Waals surface area contributed by atoms with Gasteiger partial charge in [-0.05, 0) is 31.2 Å². The van der Waals surface area contributed by atoms with Crippen LogP contribution in [0.2, 0.25) is 0 Å². The van der Waals surface area contributed by atoms with E-state index in [-0.39, 0.29) is 5.91 Å². The van der Waals surface area contributed by atoms with Crippen LogP contribution in [-0.2, 0) is 0 Å². The van der Waals surface area contributed by atoms with Gasteiger partial charge in [0.05, 0.1) is 6.54 Å². The Bertz CT molecular complexity index is 552. The smallest absolute Gasteiger partial charge is 0.272 e. The van der Waals surface area contributed by atoms with Crippen LogP contribution in [0.4, 0.5) is 0 Å². The van der Waals surface area contributed by atoms with Crippen molar-refractivity contribution in [2.24, 2.45) is 0 Å². The van der Waals surface area contributed by atoms with E-state index in [1.54, 1.807) is 36.3 Å². The molecule has 0 radical (unpaired) electrons. The van der Waals surface area contributed by atoms with Crippen molar-refractivity contribution in [1.82, 2.24) is 9.88 Å². The minimum Gasteiger partial charge on any atom is -0.492 e. The minimum absolute atomic E-state index is 0.0990. The number of benzene rings is 1. The zero-order chi connectivity index (χ0) is 14.4. The molecule has 4 heteroatoms. The number of pyridine rings is 1. The molecule has 0 bridgehead atoms. The molecule has 0 saturated carbocycles. The van der Waals surface area contributed by atoms with E-state index < -0.39 is 0 Å². The van der Waals surface area contributed by atoms with Gasteiger partial charge in [0.15, 0.2) is 0 Å². The highest BCUT2D eigenvalue weighted by atomic mass is 16.5. The highest BCUT2D eigenvalue weighted by Gasteiger charge is 2.12. The van der Waals surface area contributed by atoms with Gasteiger partial charge in [0.2, 0.25) is 0 Å². The maximum Gasteiger partial charge on any atom is 0.272 e. The van der Waals surface area contributed by atoms with Crippen molar-refractivity contribution in [1.29, 1.82) is 0 Å². The minimum atomic E-state index is -0.0990. The maximum atomic E-state index is 12.0. The van der Waals surface area contributed by atoms with E-state index in [9.17, 15) is 4.79 Å². The van der Waals surface area contributed by atoms with Crippen molar-refractivity contribution < 1.29 is 9.53 Å². The number of ether oxygens (including phenoxy) is 1.